The Kier molecular flexibility index (Phi) is 9.93. The van der Waals surface area contributed by atoms with Crippen LogP contribution in [-0.4, -0.2) is 51.1 Å². The van der Waals surface area contributed by atoms with Gasteiger partial charge in [-0.3, -0.25) is 9.80 Å². The fraction of sp³-hybridized carbons (Fsp3) is 0.278. The zero-order valence-electron chi connectivity index (χ0n) is 24.7. The van der Waals surface area contributed by atoms with Crippen LogP contribution in [0.25, 0.3) is 24.3 Å². The lowest BCUT2D eigenvalue weighted by Crippen LogP contribution is -2.20. The largest absolute Gasteiger partial charge is 0.507 e. The van der Waals surface area contributed by atoms with Gasteiger partial charge in [0.25, 0.3) is 0 Å². The predicted octanol–water partition coefficient (Wildman–Crippen LogP) is 8.77. The molecule has 0 aliphatic carbocycles. The van der Waals surface area contributed by atoms with Crippen LogP contribution in [0.15, 0.2) is 66.7 Å². The molecular weight excluding hydrogens is 589 g/mol. The molecule has 2 aliphatic heterocycles. The van der Waals surface area contributed by atoms with Gasteiger partial charge in [0.15, 0.2) is 5.82 Å². The van der Waals surface area contributed by atoms with E-state index in [9.17, 15) is 5.11 Å². The molecule has 2 N–H and O–H groups in total. The zero-order chi connectivity index (χ0) is 30.3. The van der Waals surface area contributed by atoms with Crippen LogP contribution in [0.2, 0.25) is 10.0 Å². The van der Waals surface area contributed by atoms with Crippen molar-refractivity contribution in [2.75, 3.05) is 31.5 Å². The lowest BCUT2D eigenvalue weighted by molar-refractivity contribution is 0.312. The molecule has 6 nitrogen and oxygen atoms in total. The van der Waals surface area contributed by atoms with Crippen LogP contribution in [-0.2, 0) is 13.1 Å². The fourth-order valence-corrected chi connectivity index (χ4v) is 6.05. The van der Waals surface area contributed by atoms with Gasteiger partial charge in [-0.15, -0.1) is 0 Å². The molecule has 2 saturated heterocycles. The molecule has 3 heterocycles. The normalized spacial score (nSPS) is 16.0. The second-order valence-electron chi connectivity index (χ2n) is 11.5. The Bertz CT molecular complexity index is 1510. The predicted molar refractivity (Wildman–Crippen MR) is 183 cm³/mol. The third-order valence-electron chi connectivity index (χ3n) is 8.10. The van der Waals surface area contributed by atoms with Gasteiger partial charge in [0.05, 0.1) is 5.69 Å². The van der Waals surface area contributed by atoms with Gasteiger partial charge >= 0.3 is 0 Å². The summed E-state index contributed by atoms with van der Waals surface area (Å²) < 4.78 is 0. The van der Waals surface area contributed by atoms with Crippen molar-refractivity contribution >= 4 is 59.0 Å². The smallest absolute Gasteiger partial charge is 0.154 e. The van der Waals surface area contributed by atoms with E-state index in [0.717, 1.165) is 72.9 Å². The van der Waals surface area contributed by atoms with E-state index >= 15 is 0 Å². The minimum absolute atomic E-state index is 0.412. The standard InChI is InChI=1S/C36H37Cl2N5O/c37-30-11-5-26(6-12-30)9-15-32-23-35(41-34(39-32)16-10-27-7-13-31(38)14-8-27)40-33-21-28(24-42-17-1-2-18-42)36(44)29(22-33)25-43-19-3-4-20-43/h5-16,21-23,44H,1-4,17-20,24-25H2,(H,39,40,41)/b15-9+,16-10+. The highest BCUT2D eigenvalue weighted by Crippen LogP contribution is 2.32. The van der Waals surface area contributed by atoms with E-state index in [2.05, 4.69) is 27.2 Å². The third-order valence-corrected chi connectivity index (χ3v) is 8.60. The Hall–Kier alpha value is -3.68. The quantitative estimate of drug-likeness (QED) is 0.172. The second kappa shape index (κ2) is 14.4. The lowest BCUT2D eigenvalue weighted by atomic mass is 10.1. The minimum atomic E-state index is 0.412. The summed E-state index contributed by atoms with van der Waals surface area (Å²) in [5.74, 6) is 1.67. The van der Waals surface area contributed by atoms with Crippen LogP contribution in [0, 0.1) is 0 Å². The minimum Gasteiger partial charge on any atom is -0.507 e. The Balaban J connectivity index is 1.32. The first kappa shape index (κ1) is 30.4. The fourth-order valence-electron chi connectivity index (χ4n) is 5.79. The van der Waals surface area contributed by atoms with Gasteiger partial charge in [-0.25, -0.2) is 9.97 Å². The number of hydrogen-bond donors (Lipinski definition) is 2. The highest BCUT2D eigenvalue weighted by atomic mass is 35.5. The maximum Gasteiger partial charge on any atom is 0.154 e. The summed E-state index contributed by atoms with van der Waals surface area (Å²) in [6.45, 7) is 5.74. The molecule has 0 radical (unpaired) electrons. The summed E-state index contributed by atoms with van der Waals surface area (Å²) in [6.07, 6.45) is 12.7. The molecule has 0 spiro atoms. The van der Waals surface area contributed by atoms with E-state index in [4.69, 9.17) is 33.2 Å². The van der Waals surface area contributed by atoms with Gasteiger partial charge in [-0.05, 0) is 112 Å². The van der Waals surface area contributed by atoms with Crippen molar-refractivity contribution in [2.24, 2.45) is 0 Å². The third kappa shape index (κ3) is 8.27. The maximum atomic E-state index is 11.3. The Morgan fingerprint density at radius 1 is 0.659 bits per heavy atom. The van der Waals surface area contributed by atoms with Crippen molar-refractivity contribution in [2.45, 2.75) is 38.8 Å². The highest BCUT2D eigenvalue weighted by molar-refractivity contribution is 6.30. The number of aromatic nitrogens is 2. The number of likely N-dealkylation sites (tertiary alicyclic amines) is 2. The molecule has 4 aromatic rings. The summed E-state index contributed by atoms with van der Waals surface area (Å²) in [7, 11) is 0. The van der Waals surface area contributed by atoms with Crippen molar-refractivity contribution in [1.82, 2.24) is 19.8 Å². The number of hydrogen-bond acceptors (Lipinski definition) is 6. The molecule has 1 aromatic heterocycles. The van der Waals surface area contributed by atoms with Crippen LogP contribution in [0.1, 0.15) is 59.5 Å². The summed E-state index contributed by atoms with van der Waals surface area (Å²) in [4.78, 5) is 14.5. The first-order valence-corrected chi connectivity index (χ1v) is 16.1. The molecule has 226 valence electrons. The van der Waals surface area contributed by atoms with Crippen molar-refractivity contribution in [3.05, 3.63) is 111 Å². The first-order valence-electron chi connectivity index (χ1n) is 15.3. The van der Waals surface area contributed by atoms with Crippen LogP contribution in [0.4, 0.5) is 11.5 Å². The number of nitrogens with one attached hydrogen (secondary N) is 1. The Morgan fingerprint density at radius 2 is 1.16 bits per heavy atom. The first-order chi connectivity index (χ1) is 21.5. The molecule has 6 rings (SSSR count). The monoisotopic (exact) mass is 625 g/mol. The maximum absolute atomic E-state index is 11.3. The molecule has 0 atom stereocenters. The van der Waals surface area contributed by atoms with E-state index < -0.39 is 0 Å². The molecule has 0 bridgehead atoms. The van der Waals surface area contributed by atoms with E-state index in [1.54, 1.807) is 0 Å². The van der Waals surface area contributed by atoms with E-state index in [-0.39, 0.29) is 0 Å². The van der Waals surface area contributed by atoms with Gasteiger partial charge in [0, 0.05) is 46.0 Å². The highest BCUT2D eigenvalue weighted by Gasteiger charge is 2.20. The number of anilines is 2. The van der Waals surface area contributed by atoms with Crippen molar-refractivity contribution in [3.63, 3.8) is 0 Å². The molecule has 8 heteroatoms. The van der Waals surface area contributed by atoms with E-state index in [1.807, 2.05) is 78.9 Å². The van der Waals surface area contributed by atoms with Crippen molar-refractivity contribution in [3.8, 4) is 5.75 Å². The molecule has 0 saturated carbocycles. The number of benzene rings is 3. The van der Waals surface area contributed by atoms with Crippen molar-refractivity contribution < 1.29 is 5.11 Å². The summed E-state index contributed by atoms with van der Waals surface area (Å²) in [5, 5.41) is 16.3. The average molecular weight is 627 g/mol. The SMILES string of the molecule is Oc1c(CN2CCCC2)cc(Nc2cc(/C=C/c3ccc(Cl)cc3)nc(/C=C/c3ccc(Cl)cc3)n2)cc1CN1CCCC1. The lowest BCUT2D eigenvalue weighted by Gasteiger charge is -2.21. The van der Waals surface area contributed by atoms with E-state index in [0.29, 0.717) is 27.4 Å². The number of aromatic hydroxyl groups is 1. The number of phenols is 1. The number of halogens is 2. The van der Waals surface area contributed by atoms with Gasteiger partial charge in [-0.2, -0.15) is 0 Å². The number of nitrogens with zero attached hydrogens (tertiary/aromatic N) is 4. The van der Waals surface area contributed by atoms with Crippen LogP contribution < -0.4 is 5.32 Å². The molecule has 0 amide bonds. The van der Waals surface area contributed by atoms with Gasteiger partial charge in [0.1, 0.15) is 11.6 Å². The molecule has 2 aliphatic rings. The second-order valence-corrected chi connectivity index (χ2v) is 12.4. The Morgan fingerprint density at radius 3 is 1.68 bits per heavy atom. The zero-order valence-corrected chi connectivity index (χ0v) is 26.2. The van der Waals surface area contributed by atoms with E-state index in [1.165, 1.54) is 25.7 Å². The van der Waals surface area contributed by atoms with Gasteiger partial charge < -0.3 is 10.4 Å². The van der Waals surface area contributed by atoms with Gasteiger partial charge in [-0.1, -0.05) is 59.6 Å². The average Bonchev–Trinajstić information content (AvgIpc) is 3.74. The van der Waals surface area contributed by atoms with Crippen LogP contribution in [0.5, 0.6) is 5.75 Å². The summed E-state index contributed by atoms with van der Waals surface area (Å²) in [6, 6.07) is 21.4. The number of rotatable bonds is 10. The number of phenolic OH excluding ortho intramolecular Hbond substituents is 1. The molecular formula is C36H37Cl2N5O. The summed E-state index contributed by atoms with van der Waals surface area (Å²) >= 11 is 12.2. The summed E-state index contributed by atoms with van der Waals surface area (Å²) in [5.41, 5.74) is 5.60. The van der Waals surface area contributed by atoms with Crippen molar-refractivity contribution in [1.29, 1.82) is 0 Å². The topological polar surface area (TPSA) is 64.5 Å². The molecule has 2 fully saturated rings. The molecule has 0 unspecified atom stereocenters. The van der Waals surface area contributed by atoms with Crippen LogP contribution in [0.3, 0.4) is 0 Å². The molecule has 44 heavy (non-hydrogen) atoms. The van der Waals surface area contributed by atoms with Gasteiger partial charge in [0.2, 0.25) is 0 Å². The molecule has 3 aromatic carbocycles. The van der Waals surface area contributed by atoms with Crippen LogP contribution >= 0.6 is 23.2 Å². The Labute approximate surface area is 269 Å².